The van der Waals surface area contributed by atoms with Crippen molar-refractivity contribution >= 4 is 52.6 Å². The molecule has 0 saturated carbocycles. The van der Waals surface area contributed by atoms with Crippen molar-refractivity contribution in [3.05, 3.63) is 72.9 Å². The topological polar surface area (TPSA) is 172 Å². The summed E-state index contributed by atoms with van der Waals surface area (Å²) >= 11 is 0. The first-order valence-electron chi connectivity index (χ1n) is 57.4. The average molecular weight is 1830 g/mol. The van der Waals surface area contributed by atoms with E-state index in [0.29, 0.717) is 0 Å². The van der Waals surface area contributed by atoms with Gasteiger partial charge in [-0.1, -0.05) is 500 Å². The molecule has 0 unspecified atom stereocenters. The van der Waals surface area contributed by atoms with Gasteiger partial charge in [0.1, 0.15) is 17.3 Å². The molecule has 0 heterocycles. The van der Waals surface area contributed by atoms with Crippen LogP contribution >= 0.6 is 0 Å². The third kappa shape index (κ3) is 115. The number of carboxylic acids is 3. The van der Waals surface area contributed by atoms with Gasteiger partial charge in [0.25, 0.3) is 0 Å². The van der Waals surface area contributed by atoms with E-state index in [-0.39, 0.29) is 52.5 Å². The Balaban J connectivity index is -0.000000912. The molecule has 0 bridgehead atoms. The third-order valence-corrected chi connectivity index (χ3v) is 26.7. The minimum absolute atomic E-state index is 0. The predicted molar refractivity (Wildman–Crippen MR) is 565 cm³/mol. The molecule has 9 nitrogen and oxygen atoms in total. The predicted octanol–water partition coefficient (Wildman–Crippen LogP) is 36.1. The van der Waals surface area contributed by atoms with E-state index in [1.54, 1.807) is 0 Å². The zero-order chi connectivity index (χ0) is 94.4. The fourth-order valence-electron chi connectivity index (χ4n) is 18.1. The smallest absolute Gasteiger partial charge is 0.550 e. The van der Waals surface area contributed by atoms with Crippen LogP contribution in [0.4, 0.5) is 0 Å². The van der Waals surface area contributed by atoms with Crippen LogP contribution < -0.4 is 15.3 Å². The van der Waals surface area contributed by atoms with Gasteiger partial charge in [-0.15, -0.1) is 0 Å². The first kappa shape index (κ1) is 133. The SMILES string of the molecule is CCCCCCCC/C=C\CCCCCCCCC(CCCCCCCC/C=C\CCCCCCCC)C(=O)CC(=O)[O-].CCCCCCCC/C=C\CCCCCCCCC(CCCCCCCC/C=C\CCCCCCCC)C(=O)CC(=O)[O-].CCCCCCCC/C=C\CCCCCCCCC(CCCCCCCC/C=C\CCCCCCCC)C(=O)CC(=O)[O-].[Al+3]. The Morgan fingerprint density at radius 1 is 0.154 bits per heavy atom. The van der Waals surface area contributed by atoms with Crippen LogP contribution in [0.25, 0.3) is 0 Å². The zero-order valence-electron chi connectivity index (χ0n) is 87.7. The number of aliphatic carboxylic acids is 3. The molecule has 0 aromatic heterocycles. The van der Waals surface area contributed by atoms with Crippen LogP contribution in [0, 0.1) is 17.8 Å². The summed E-state index contributed by atoms with van der Waals surface area (Å²) in [5.74, 6) is -4.28. The van der Waals surface area contributed by atoms with Crippen molar-refractivity contribution in [2.45, 2.75) is 639 Å². The van der Waals surface area contributed by atoms with E-state index in [4.69, 9.17) is 0 Å². The first-order chi connectivity index (χ1) is 63.3. The number of hydrogen-bond acceptors (Lipinski definition) is 9. The summed E-state index contributed by atoms with van der Waals surface area (Å²) in [6.07, 6.45) is 140. The van der Waals surface area contributed by atoms with Crippen molar-refractivity contribution in [2.24, 2.45) is 17.8 Å². The van der Waals surface area contributed by atoms with Gasteiger partial charge in [0.05, 0.1) is 0 Å². The molecule has 10 heteroatoms. The standard InChI is InChI=1S/3C40H74O3.Al/c3*1-3-5-7-9-11-13-15-17-19-21-23-25-27-29-31-33-35-38(39(41)37-40(42)43)36-34-32-30-28-26-24-22-20-18-16-14-12-10-8-6-4-2;/h3*17-20,38H,3-16,21-37H2,1-2H3,(H,42,43);/q;;;+3/p-3/b3*19-17-,20-18-;. The molecule has 0 radical (unpaired) electrons. The summed E-state index contributed by atoms with van der Waals surface area (Å²) in [6.45, 7) is 13.6. The number of carbonyl (C=O) groups excluding carboxylic acids is 6. The summed E-state index contributed by atoms with van der Waals surface area (Å²) in [5.41, 5.74) is 0. The molecule has 0 aliphatic heterocycles. The van der Waals surface area contributed by atoms with E-state index < -0.39 is 37.2 Å². The van der Waals surface area contributed by atoms with Crippen molar-refractivity contribution in [2.75, 3.05) is 0 Å². The number of ketones is 3. The second kappa shape index (κ2) is 118. The van der Waals surface area contributed by atoms with Crippen LogP contribution in [0.15, 0.2) is 72.9 Å². The minimum atomic E-state index is -1.22. The fraction of sp³-hybridized carbons (Fsp3) is 0.850. The van der Waals surface area contributed by atoms with E-state index in [0.717, 1.165) is 116 Å². The zero-order valence-corrected chi connectivity index (χ0v) is 88.8. The largest absolute Gasteiger partial charge is 3.00 e. The van der Waals surface area contributed by atoms with Crippen molar-refractivity contribution in [1.82, 2.24) is 0 Å². The van der Waals surface area contributed by atoms with Gasteiger partial charge < -0.3 is 29.7 Å². The van der Waals surface area contributed by atoms with E-state index in [2.05, 4.69) is 114 Å². The Kier molecular flexibility index (Phi) is 120. The average Bonchev–Trinajstić information content (AvgIpc) is 0.941. The number of Topliss-reactive ketones (excluding diaryl/α,β-unsaturated/α-hetero) is 3. The van der Waals surface area contributed by atoms with E-state index >= 15 is 0 Å². The molecule has 756 valence electrons. The van der Waals surface area contributed by atoms with Crippen LogP contribution in [0.2, 0.25) is 0 Å². The summed E-state index contributed by atoms with van der Waals surface area (Å²) in [4.78, 5) is 70.6. The quantitative estimate of drug-likeness (QED) is 0.0249. The number of carboxylic acid groups (broad SMARTS) is 3. The van der Waals surface area contributed by atoms with Crippen LogP contribution in [0.5, 0.6) is 0 Å². The molecule has 0 aliphatic rings. The molecule has 0 atom stereocenters. The maximum atomic E-state index is 12.5. The molecule has 0 spiro atoms. The molecule has 130 heavy (non-hydrogen) atoms. The van der Waals surface area contributed by atoms with Gasteiger partial charge in [-0.3, -0.25) is 14.4 Å². The van der Waals surface area contributed by atoms with Gasteiger partial charge in [-0.25, -0.2) is 0 Å². The second-order valence-electron chi connectivity index (χ2n) is 39.5. The van der Waals surface area contributed by atoms with Crippen LogP contribution in [-0.2, 0) is 28.8 Å². The molecule has 0 saturated heterocycles. The van der Waals surface area contributed by atoms with Gasteiger partial charge in [0.15, 0.2) is 0 Å². The summed E-state index contributed by atoms with van der Waals surface area (Å²) in [5, 5.41) is 33.1. The molecule has 0 rings (SSSR count). The molecule has 0 amide bonds. The Morgan fingerprint density at radius 3 is 0.346 bits per heavy atom. The van der Waals surface area contributed by atoms with Gasteiger partial charge >= 0.3 is 17.4 Å². The summed E-state index contributed by atoms with van der Waals surface area (Å²) in [7, 11) is 0. The van der Waals surface area contributed by atoms with Crippen LogP contribution in [0.1, 0.15) is 639 Å². The normalized spacial score (nSPS) is 11.8. The number of rotatable bonds is 105. The van der Waals surface area contributed by atoms with Gasteiger partial charge in [0, 0.05) is 54.9 Å². The number of carbonyl (C=O) groups is 6. The second-order valence-corrected chi connectivity index (χ2v) is 39.5. The van der Waals surface area contributed by atoms with Crippen LogP contribution in [-0.4, -0.2) is 52.6 Å². The molecular formula is C120H219AlO9. The first-order valence-corrected chi connectivity index (χ1v) is 57.4. The van der Waals surface area contributed by atoms with Gasteiger partial charge in [0.2, 0.25) is 0 Å². The molecule has 0 aliphatic carbocycles. The molecule has 0 N–H and O–H groups in total. The van der Waals surface area contributed by atoms with Crippen molar-refractivity contribution in [3.8, 4) is 0 Å². The Morgan fingerprint density at radius 2 is 0.246 bits per heavy atom. The number of hydrogen-bond donors (Lipinski definition) is 0. The van der Waals surface area contributed by atoms with E-state index in [1.807, 2.05) is 0 Å². The molecule has 0 aromatic carbocycles. The van der Waals surface area contributed by atoms with Crippen molar-refractivity contribution in [1.29, 1.82) is 0 Å². The van der Waals surface area contributed by atoms with Crippen molar-refractivity contribution in [3.63, 3.8) is 0 Å². The van der Waals surface area contributed by atoms with E-state index in [9.17, 15) is 44.1 Å². The maximum Gasteiger partial charge on any atom is 3.00 e. The van der Waals surface area contributed by atoms with Gasteiger partial charge in [-0.2, -0.15) is 0 Å². The summed E-state index contributed by atoms with van der Waals surface area (Å²) in [6, 6.07) is 0. The Hall–Kier alpha value is -3.61. The molecular weight excluding hydrogens is 1610 g/mol. The van der Waals surface area contributed by atoms with Crippen molar-refractivity contribution < 1.29 is 44.1 Å². The maximum absolute atomic E-state index is 12.5. The fourth-order valence-corrected chi connectivity index (χ4v) is 18.1. The molecule has 0 fully saturated rings. The van der Waals surface area contributed by atoms with E-state index in [1.165, 1.54) is 462 Å². The summed E-state index contributed by atoms with van der Waals surface area (Å²) < 4.78 is 0. The third-order valence-electron chi connectivity index (χ3n) is 26.7. The number of unbranched alkanes of at least 4 members (excludes halogenated alkanes) is 72. The van der Waals surface area contributed by atoms with Gasteiger partial charge in [-0.05, 0) is 193 Å². The monoisotopic (exact) mass is 1830 g/mol. The Bertz CT molecular complexity index is 2100. The Labute approximate surface area is 820 Å². The molecule has 0 aromatic rings. The number of allylic oxidation sites excluding steroid dienone is 12. The minimum Gasteiger partial charge on any atom is -0.550 e. The van der Waals surface area contributed by atoms with Crippen LogP contribution in [0.3, 0.4) is 0 Å².